The van der Waals surface area contributed by atoms with E-state index < -0.39 is 0 Å². The van der Waals surface area contributed by atoms with Gasteiger partial charge in [0.2, 0.25) is 0 Å². The van der Waals surface area contributed by atoms with Gasteiger partial charge in [-0.2, -0.15) is 5.10 Å². The topological polar surface area (TPSA) is 56.2 Å². The lowest BCUT2D eigenvalue weighted by Gasteiger charge is -2.16. The Bertz CT molecular complexity index is 634. The zero-order valence-electron chi connectivity index (χ0n) is 12.9. The minimum absolute atomic E-state index is 0.146. The number of esters is 1. The summed E-state index contributed by atoms with van der Waals surface area (Å²) in [5, 5.41) is 7.73. The third kappa shape index (κ3) is 3.42. The maximum Gasteiger partial charge on any atom is 0.337 e. The Morgan fingerprint density at radius 3 is 2.81 bits per heavy atom. The van der Waals surface area contributed by atoms with E-state index in [0.717, 1.165) is 23.4 Å². The number of ether oxygens (including phenoxy) is 1. The van der Waals surface area contributed by atoms with E-state index >= 15 is 0 Å². The number of aromatic nitrogens is 2. The Kier molecular flexibility index (Phi) is 4.62. The van der Waals surface area contributed by atoms with Crippen LogP contribution in [0.15, 0.2) is 30.6 Å². The first-order valence-corrected chi connectivity index (χ1v) is 7.03. The lowest BCUT2D eigenvalue weighted by Crippen LogP contribution is -2.08. The first-order chi connectivity index (χ1) is 10.0. The van der Waals surface area contributed by atoms with Crippen molar-refractivity contribution in [1.82, 2.24) is 9.78 Å². The summed E-state index contributed by atoms with van der Waals surface area (Å²) in [5.74, 6) is -0.318. The molecule has 0 aliphatic rings. The second-order valence-electron chi connectivity index (χ2n) is 5.02. The molecular weight excluding hydrogens is 266 g/mol. The van der Waals surface area contributed by atoms with Crippen LogP contribution in [0.1, 0.15) is 41.4 Å². The second kappa shape index (κ2) is 6.43. The van der Waals surface area contributed by atoms with E-state index in [4.69, 9.17) is 4.74 Å². The number of hydrogen-bond donors (Lipinski definition) is 1. The number of aryl methyl sites for hydroxylation is 2. The van der Waals surface area contributed by atoms with Gasteiger partial charge < -0.3 is 10.1 Å². The Labute approximate surface area is 124 Å². The highest BCUT2D eigenvalue weighted by Gasteiger charge is 2.11. The fourth-order valence-corrected chi connectivity index (χ4v) is 2.16. The maximum atomic E-state index is 11.5. The molecule has 1 aromatic carbocycles. The summed E-state index contributed by atoms with van der Waals surface area (Å²) in [7, 11) is 1.39. The quantitative estimate of drug-likeness (QED) is 0.858. The van der Waals surface area contributed by atoms with Crippen molar-refractivity contribution in [2.45, 2.75) is 33.4 Å². The van der Waals surface area contributed by atoms with Gasteiger partial charge in [0.15, 0.2) is 0 Å². The van der Waals surface area contributed by atoms with Gasteiger partial charge in [-0.3, -0.25) is 4.68 Å². The molecule has 0 amide bonds. The van der Waals surface area contributed by atoms with Crippen molar-refractivity contribution in [3.8, 4) is 0 Å². The van der Waals surface area contributed by atoms with Crippen LogP contribution in [-0.2, 0) is 11.3 Å². The van der Waals surface area contributed by atoms with Gasteiger partial charge in [-0.05, 0) is 44.5 Å². The van der Waals surface area contributed by atoms with Gasteiger partial charge in [0, 0.05) is 24.0 Å². The minimum Gasteiger partial charge on any atom is -0.465 e. The molecule has 2 rings (SSSR count). The molecule has 1 unspecified atom stereocenters. The Hall–Kier alpha value is -2.30. The molecule has 0 aliphatic carbocycles. The van der Waals surface area contributed by atoms with E-state index in [1.165, 1.54) is 7.11 Å². The van der Waals surface area contributed by atoms with Crippen molar-refractivity contribution < 1.29 is 9.53 Å². The van der Waals surface area contributed by atoms with Gasteiger partial charge >= 0.3 is 5.97 Å². The Balaban J connectivity index is 2.13. The van der Waals surface area contributed by atoms with E-state index in [-0.39, 0.29) is 12.0 Å². The molecule has 1 aromatic heterocycles. The molecule has 5 heteroatoms. The number of carbonyl (C=O) groups excluding carboxylic acids is 1. The molecule has 0 saturated carbocycles. The van der Waals surface area contributed by atoms with Crippen LogP contribution in [0.3, 0.4) is 0 Å². The van der Waals surface area contributed by atoms with Crippen molar-refractivity contribution >= 4 is 11.7 Å². The van der Waals surface area contributed by atoms with Gasteiger partial charge in [0.05, 0.1) is 24.9 Å². The lowest BCUT2D eigenvalue weighted by atomic mass is 10.1. The van der Waals surface area contributed by atoms with Crippen LogP contribution >= 0.6 is 0 Å². The van der Waals surface area contributed by atoms with Crippen molar-refractivity contribution in [2.75, 3.05) is 12.4 Å². The van der Waals surface area contributed by atoms with Gasteiger partial charge in [-0.15, -0.1) is 0 Å². The number of methoxy groups -OCH3 is 1. The van der Waals surface area contributed by atoms with Crippen molar-refractivity contribution in [3.05, 3.63) is 47.3 Å². The molecule has 21 heavy (non-hydrogen) atoms. The van der Waals surface area contributed by atoms with Gasteiger partial charge in [0.25, 0.3) is 0 Å². The van der Waals surface area contributed by atoms with Gasteiger partial charge in [-0.25, -0.2) is 4.79 Å². The molecular formula is C16H21N3O2. The summed E-state index contributed by atoms with van der Waals surface area (Å²) in [6, 6.07) is 5.65. The van der Waals surface area contributed by atoms with Crippen LogP contribution < -0.4 is 5.32 Å². The Morgan fingerprint density at radius 1 is 1.48 bits per heavy atom. The maximum absolute atomic E-state index is 11.5. The average molecular weight is 287 g/mol. The molecule has 0 radical (unpaired) electrons. The zero-order valence-corrected chi connectivity index (χ0v) is 12.9. The van der Waals surface area contributed by atoms with Crippen molar-refractivity contribution in [1.29, 1.82) is 0 Å². The zero-order chi connectivity index (χ0) is 15.4. The lowest BCUT2D eigenvalue weighted by molar-refractivity contribution is 0.0600. The van der Waals surface area contributed by atoms with E-state index in [1.807, 2.05) is 36.1 Å². The molecule has 2 aromatic rings. The standard InChI is InChI=1S/C16H21N3O2/c1-5-19-10-14(9-17-19)12(3)18-15-7-6-13(8-11(15)2)16(20)21-4/h6-10,12,18H,5H2,1-4H3. The molecule has 0 saturated heterocycles. The fraction of sp³-hybridized carbons (Fsp3) is 0.375. The van der Waals surface area contributed by atoms with Crippen LogP contribution in [0.5, 0.6) is 0 Å². The average Bonchev–Trinajstić information content (AvgIpc) is 2.97. The van der Waals surface area contributed by atoms with E-state index in [1.54, 1.807) is 6.07 Å². The van der Waals surface area contributed by atoms with Crippen LogP contribution in [-0.4, -0.2) is 22.9 Å². The van der Waals surface area contributed by atoms with Gasteiger partial charge in [0.1, 0.15) is 0 Å². The summed E-state index contributed by atoms with van der Waals surface area (Å²) in [6.07, 6.45) is 3.91. The molecule has 1 heterocycles. The summed E-state index contributed by atoms with van der Waals surface area (Å²) in [4.78, 5) is 11.5. The van der Waals surface area contributed by atoms with Crippen LogP contribution in [0.2, 0.25) is 0 Å². The summed E-state index contributed by atoms with van der Waals surface area (Å²) in [6.45, 7) is 6.98. The van der Waals surface area contributed by atoms with Crippen LogP contribution in [0.4, 0.5) is 5.69 Å². The number of hydrogen-bond acceptors (Lipinski definition) is 4. The number of carbonyl (C=O) groups is 1. The number of anilines is 1. The highest BCUT2D eigenvalue weighted by Crippen LogP contribution is 2.23. The van der Waals surface area contributed by atoms with E-state index in [0.29, 0.717) is 5.56 Å². The summed E-state index contributed by atoms with van der Waals surface area (Å²) >= 11 is 0. The number of benzene rings is 1. The molecule has 5 nitrogen and oxygen atoms in total. The molecule has 1 N–H and O–H groups in total. The molecule has 112 valence electrons. The third-order valence-electron chi connectivity index (χ3n) is 3.50. The van der Waals surface area contributed by atoms with Crippen LogP contribution in [0, 0.1) is 6.92 Å². The first kappa shape index (κ1) is 15.1. The summed E-state index contributed by atoms with van der Waals surface area (Å²) in [5.41, 5.74) is 3.70. The van der Waals surface area contributed by atoms with Gasteiger partial charge in [-0.1, -0.05) is 0 Å². The molecule has 0 aliphatic heterocycles. The molecule has 0 fully saturated rings. The fourth-order valence-electron chi connectivity index (χ4n) is 2.16. The smallest absolute Gasteiger partial charge is 0.337 e. The predicted octanol–water partition coefficient (Wildman–Crippen LogP) is 3.17. The van der Waals surface area contributed by atoms with Crippen molar-refractivity contribution in [3.63, 3.8) is 0 Å². The van der Waals surface area contributed by atoms with E-state index in [2.05, 4.69) is 24.3 Å². The number of rotatable bonds is 5. The number of nitrogens with zero attached hydrogens (tertiary/aromatic N) is 2. The SMILES string of the molecule is CCn1cc(C(C)Nc2ccc(C(=O)OC)cc2C)cn1. The van der Waals surface area contributed by atoms with Crippen molar-refractivity contribution in [2.24, 2.45) is 0 Å². The molecule has 0 bridgehead atoms. The molecule has 0 spiro atoms. The number of nitrogens with one attached hydrogen (secondary N) is 1. The highest BCUT2D eigenvalue weighted by atomic mass is 16.5. The molecule has 1 atom stereocenters. The summed E-state index contributed by atoms with van der Waals surface area (Å²) < 4.78 is 6.63. The predicted molar refractivity (Wildman–Crippen MR) is 82.5 cm³/mol. The van der Waals surface area contributed by atoms with Crippen LogP contribution in [0.25, 0.3) is 0 Å². The largest absolute Gasteiger partial charge is 0.465 e. The normalized spacial score (nSPS) is 12.0. The Morgan fingerprint density at radius 2 is 2.24 bits per heavy atom. The first-order valence-electron chi connectivity index (χ1n) is 7.03. The minimum atomic E-state index is -0.318. The highest BCUT2D eigenvalue weighted by molar-refractivity contribution is 5.90. The second-order valence-corrected chi connectivity index (χ2v) is 5.02. The third-order valence-corrected chi connectivity index (χ3v) is 3.50. The monoisotopic (exact) mass is 287 g/mol. The van der Waals surface area contributed by atoms with E-state index in [9.17, 15) is 4.79 Å².